The van der Waals surface area contributed by atoms with Gasteiger partial charge in [0.25, 0.3) is 0 Å². The maximum Gasteiger partial charge on any atom is 0.337 e. The van der Waals surface area contributed by atoms with E-state index in [-0.39, 0.29) is 0 Å². The number of aryl methyl sites for hydroxylation is 1. The van der Waals surface area contributed by atoms with E-state index in [0.29, 0.717) is 41.1 Å². The van der Waals surface area contributed by atoms with Crippen molar-refractivity contribution in [2.24, 2.45) is 0 Å². The van der Waals surface area contributed by atoms with Crippen LogP contribution in [-0.2, 0) is 16.1 Å². The highest BCUT2D eigenvalue weighted by Gasteiger charge is 2.31. The molecule has 2 aromatic carbocycles. The summed E-state index contributed by atoms with van der Waals surface area (Å²) in [6, 6.07) is 13.4. The minimum Gasteiger partial charge on any atom is -0.490 e. The van der Waals surface area contributed by atoms with Crippen molar-refractivity contribution in [3.8, 4) is 11.5 Å². The summed E-state index contributed by atoms with van der Waals surface area (Å²) in [7, 11) is 1.36. The molecule has 0 unspecified atom stereocenters. The Morgan fingerprint density at radius 2 is 1.80 bits per heavy atom. The summed E-state index contributed by atoms with van der Waals surface area (Å²) < 4.78 is 16.8. The highest BCUT2D eigenvalue weighted by molar-refractivity contribution is 7.80. The summed E-state index contributed by atoms with van der Waals surface area (Å²) in [6.07, 6.45) is 0. The number of carbonyl (C=O) groups excluding carboxylic acids is 1. The fraction of sp³-hybridized carbons (Fsp3) is 0.304. The lowest BCUT2D eigenvalue weighted by Gasteiger charge is -2.30. The number of nitrogens with one attached hydrogen (secondary N) is 2. The van der Waals surface area contributed by atoms with Crippen LogP contribution in [0.25, 0.3) is 0 Å². The van der Waals surface area contributed by atoms with Gasteiger partial charge in [-0.25, -0.2) is 4.79 Å². The zero-order valence-corrected chi connectivity index (χ0v) is 18.4. The number of carbonyl (C=O) groups is 1. The second kappa shape index (κ2) is 9.63. The Labute approximate surface area is 182 Å². The SMILES string of the molecule is CCOc1cc([C@@H]2NC(=S)NC(C)=C2C(=O)OC)ccc1OCc1ccc(C)cc1. The molecular formula is C23H26N2O4S. The maximum absolute atomic E-state index is 12.4. The first-order valence-electron chi connectivity index (χ1n) is 9.74. The molecule has 0 saturated carbocycles. The summed E-state index contributed by atoms with van der Waals surface area (Å²) in [4.78, 5) is 12.4. The Morgan fingerprint density at radius 1 is 1.07 bits per heavy atom. The van der Waals surface area contributed by atoms with Crippen molar-refractivity contribution in [3.63, 3.8) is 0 Å². The molecule has 0 aliphatic carbocycles. The van der Waals surface area contributed by atoms with E-state index in [1.165, 1.54) is 12.7 Å². The number of rotatable bonds is 7. The molecule has 0 amide bonds. The van der Waals surface area contributed by atoms with Crippen LogP contribution < -0.4 is 20.1 Å². The van der Waals surface area contributed by atoms with E-state index >= 15 is 0 Å². The van der Waals surface area contributed by atoms with E-state index in [2.05, 4.69) is 29.7 Å². The lowest BCUT2D eigenvalue weighted by atomic mass is 9.95. The number of hydrogen-bond donors (Lipinski definition) is 2. The van der Waals surface area contributed by atoms with E-state index in [4.69, 9.17) is 26.4 Å². The van der Waals surface area contributed by atoms with Crippen LogP contribution in [0.15, 0.2) is 53.7 Å². The topological polar surface area (TPSA) is 68.8 Å². The molecule has 1 atom stereocenters. The standard InChI is InChI=1S/C23H26N2O4S/c1-5-28-19-12-17(21-20(22(26)27-4)15(3)24-23(30)25-21)10-11-18(19)29-13-16-8-6-14(2)7-9-16/h6-12,21H,5,13H2,1-4H3,(H2,24,25,30)/t21-/m0/s1. The van der Waals surface area contributed by atoms with Crippen molar-refractivity contribution < 1.29 is 19.0 Å². The molecule has 7 heteroatoms. The molecule has 0 saturated heterocycles. The third-order valence-corrected chi connectivity index (χ3v) is 5.01. The second-order valence-electron chi connectivity index (χ2n) is 6.98. The minimum absolute atomic E-state index is 0.419. The van der Waals surface area contributed by atoms with E-state index in [1.54, 1.807) is 6.92 Å². The fourth-order valence-electron chi connectivity index (χ4n) is 3.26. The van der Waals surface area contributed by atoms with Gasteiger partial charge in [0.15, 0.2) is 16.6 Å². The van der Waals surface area contributed by atoms with Crippen LogP contribution >= 0.6 is 12.2 Å². The lowest BCUT2D eigenvalue weighted by Crippen LogP contribution is -2.45. The highest BCUT2D eigenvalue weighted by atomic mass is 32.1. The van der Waals surface area contributed by atoms with Crippen LogP contribution in [0.5, 0.6) is 11.5 Å². The summed E-state index contributed by atoms with van der Waals surface area (Å²) in [5, 5.41) is 6.57. The van der Waals surface area contributed by atoms with Crippen molar-refractivity contribution in [1.29, 1.82) is 0 Å². The van der Waals surface area contributed by atoms with Gasteiger partial charge in [-0.2, -0.15) is 0 Å². The van der Waals surface area contributed by atoms with E-state index < -0.39 is 12.0 Å². The third kappa shape index (κ3) is 4.91. The Balaban J connectivity index is 1.89. The quantitative estimate of drug-likeness (QED) is 0.513. The van der Waals surface area contributed by atoms with E-state index in [9.17, 15) is 4.79 Å². The molecule has 158 valence electrons. The maximum atomic E-state index is 12.4. The summed E-state index contributed by atoms with van der Waals surface area (Å²) in [5.41, 5.74) is 4.24. The number of benzene rings is 2. The summed E-state index contributed by atoms with van der Waals surface area (Å²) in [6.45, 7) is 6.69. The first-order valence-corrected chi connectivity index (χ1v) is 10.2. The highest BCUT2D eigenvalue weighted by Crippen LogP contribution is 2.35. The molecule has 1 heterocycles. The Hall–Kier alpha value is -3.06. The van der Waals surface area contributed by atoms with Gasteiger partial charge < -0.3 is 24.8 Å². The zero-order valence-electron chi connectivity index (χ0n) is 17.6. The van der Waals surface area contributed by atoms with Gasteiger partial charge in [0.2, 0.25) is 0 Å². The molecule has 0 bridgehead atoms. The van der Waals surface area contributed by atoms with E-state index in [1.807, 2.05) is 37.3 Å². The summed E-state index contributed by atoms with van der Waals surface area (Å²) in [5.74, 6) is 0.825. The van der Waals surface area contributed by atoms with Crippen molar-refractivity contribution >= 4 is 23.3 Å². The molecule has 6 nitrogen and oxygen atoms in total. The molecule has 1 aliphatic heterocycles. The van der Waals surface area contributed by atoms with Gasteiger partial charge in [-0.15, -0.1) is 0 Å². The average Bonchev–Trinajstić information content (AvgIpc) is 2.73. The van der Waals surface area contributed by atoms with Crippen LogP contribution in [0, 0.1) is 6.92 Å². The number of esters is 1. The summed E-state index contributed by atoms with van der Waals surface area (Å²) >= 11 is 5.29. The number of ether oxygens (including phenoxy) is 3. The smallest absolute Gasteiger partial charge is 0.337 e. The molecule has 30 heavy (non-hydrogen) atoms. The molecule has 0 aromatic heterocycles. The van der Waals surface area contributed by atoms with Gasteiger partial charge in [-0.3, -0.25) is 0 Å². The molecule has 1 aliphatic rings. The van der Waals surface area contributed by atoms with Crippen molar-refractivity contribution in [3.05, 3.63) is 70.4 Å². The van der Waals surface area contributed by atoms with Crippen molar-refractivity contribution in [1.82, 2.24) is 10.6 Å². The fourth-order valence-corrected chi connectivity index (χ4v) is 3.53. The Kier molecular flexibility index (Phi) is 6.95. The first kappa shape index (κ1) is 21.6. The molecule has 0 radical (unpaired) electrons. The number of thiocarbonyl (C=S) groups is 1. The molecule has 0 fully saturated rings. The molecule has 2 N–H and O–H groups in total. The van der Waals surface area contributed by atoms with Gasteiger partial charge >= 0.3 is 5.97 Å². The normalized spacial score (nSPS) is 15.9. The third-order valence-electron chi connectivity index (χ3n) is 4.79. The van der Waals surface area contributed by atoms with Gasteiger partial charge in [0, 0.05) is 5.70 Å². The Bertz CT molecular complexity index is 970. The number of hydrogen-bond acceptors (Lipinski definition) is 5. The average molecular weight is 427 g/mol. The molecule has 0 spiro atoms. The second-order valence-corrected chi connectivity index (χ2v) is 7.38. The zero-order chi connectivity index (χ0) is 21.7. The van der Waals surface area contributed by atoms with Crippen molar-refractivity contribution in [2.75, 3.05) is 13.7 Å². The molecular weight excluding hydrogens is 400 g/mol. The van der Waals surface area contributed by atoms with Crippen LogP contribution in [0.3, 0.4) is 0 Å². The molecule has 3 rings (SSSR count). The predicted molar refractivity (Wildman–Crippen MR) is 119 cm³/mol. The van der Waals surface area contributed by atoms with Gasteiger partial charge in [0.05, 0.1) is 25.3 Å². The number of methoxy groups -OCH3 is 1. The monoisotopic (exact) mass is 426 g/mol. The minimum atomic E-state index is -0.448. The largest absolute Gasteiger partial charge is 0.490 e. The molecule has 2 aromatic rings. The van der Waals surface area contributed by atoms with Crippen LogP contribution in [-0.4, -0.2) is 24.8 Å². The van der Waals surface area contributed by atoms with Gasteiger partial charge in [-0.1, -0.05) is 35.9 Å². The number of allylic oxidation sites excluding steroid dienone is 1. The van der Waals surface area contributed by atoms with E-state index in [0.717, 1.165) is 11.1 Å². The first-order chi connectivity index (χ1) is 14.4. The van der Waals surface area contributed by atoms with Gasteiger partial charge in [-0.05, 0) is 56.2 Å². The van der Waals surface area contributed by atoms with Crippen LogP contribution in [0.2, 0.25) is 0 Å². The van der Waals surface area contributed by atoms with Crippen molar-refractivity contribution in [2.45, 2.75) is 33.4 Å². The van der Waals surface area contributed by atoms with Gasteiger partial charge in [0.1, 0.15) is 6.61 Å². The van der Waals surface area contributed by atoms with Crippen LogP contribution in [0.1, 0.15) is 36.6 Å². The van der Waals surface area contributed by atoms with Crippen LogP contribution in [0.4, 0.5) is 0 Å². The lowest BCUT2D eigenvalue weighted by molar-refractivity contribution is -0.136. The predicted octanol–water partition coefficient (Wildman–Crippen LogP) is 3.94. The Morgan fingerprint density at radius 3 is 2.47 bits per heavy atom.